The molecule has 106 valence electrons. The third-order valence-corrected chi connectivity index (χ3v) is 5.30. The Balaban J connectivity index is 2.70. The predicted octanol–water partition coefficient (Wildman–Crippen LogP) is 1.35. The Bertz CT molecular complexity index is 843. The highest BCUT2D eigenvalue weighted by atomic mass is 32.2. The molecule has 0 aliphatic heterocycles. The van der Waals surface area contributed by atoms with Crippen molar-refractivity contribution in [3.8, 4) is 0 Å². The lowest BCUT2D eigenvalue weighted by atomic mass is 10.3. The highest BCUT2D eigenvalue weighted by molar-refractivity contribution is 7.91. The average Bonchev–Trinajstić information content (AvgIpc) is 2.38. The standard InChI is InChI=1S/C12H11NO5S2/c13-11-7-6-10(20(16,17)18)8-12(11)19(14,15)9-4-2-1-3-5-9/h1-8H,13H2,(H,16,17,18). The van der Waals surface area contributed by atoms with Crippen LogP contribution in [0.25, 0.3) is 0 Å². The van der Waals surface area contributed by atoms with Crippen LogP contribution in [0.2, 0.25) is 0 Å². The molecule has 0 heterocycles. The average molecular weight is 313 g/mol. The first-order chi connectivity index (χ1) is 9.23. The van der Waals surface area contributed by atoms with Crippen molar-refractivity contribution in [2.24, 2.45) is 0 Å². The summed E-state index contributed by atoms with van der Waals surface area (Å²) in [6.07, 6.45) is 0. The molecule has 2 aromatic rings. The molecule has 0 amide bonds. The molecule has 0 aromatic heterocycles. The van der Waals surface area contributed by atoms with Gasteiger partial charge in [0, 0.05) is 0 Å². The van der Waals surface area contributed by atoms with E-state index in [1.165, 1.54) is 24.3 Å². The van der Waals surface area contributed by atoms with Gasteiger partial charge in [-0.2, -0.15) is 8.42 Å². The molecule has 0 saturated carbocycles. The number of hydrogen-bond donors (Lipinski definition) is 2. The van der Waals surface area contributed by atoms with Crippen LogP contribution in [-0.4, -0.2) is 21.4 Å². The Morgan fingerprint density at radius 2 is 1.45 bits per heavy atom. The molecule has 2 rings (SSSR count). The summed E-state index contributed by atoms with van der Waals surface area (Å²) in [6.45, 7) is 0. The van der Waals surface area contributed by atoms with E-state index in [4.69, 9.17) is 10.3 Å². The van der Waals surface area contributed by atoms with Crippen LogP contribution in [0.1, 0.15) is 0 Å². The van der Waals surface area contributed by atoms with Gasteiger partial charge in [0.05, 0.1) is 20.4 Å². The number of benzene rings is 2. The Morgan fingerprint density at radius 3 is 2.00 bits per heavy atom. The van der Waals surface area contributed by atoms with Crippen LogP contribution in [0.4, 0.5) is 5.69 Å². The lowest BCUT2D eigenvalue weighted by Crippen LogP contribution is -2.08. The first-order valence-corrected chi connectivity index (χ1v) is 8.32. The van der Waals surface area contributed by atoms with Gasteiger partial charge in [-0.05, 0) is 30.3 Å². The molecule has 3 N–H and O–H groups in total. The monoisotopic (exact) mass is 313 g/mol. The van der Waals surface area contributed by atoms with Gasteiger partial charge in [-0.3, -0.25) is 4.55 Å². The molecule has 8 heteroatoms. The van der Waals surface area contributed by atoms with Gasteiger partial charge in [0.1, 0.15) is 0 Å². The van der Waals surface area contributed by atoms with Crippen molar-refractivity contribution < 1.29 is 21.4 Å². The molecule has 0 radical (unpaired) electrons. The minimum atomic E-state index is -4.50. The minimum absolute atomic E-state index is 0.0146. The van der Waals surface area contributed by atoms with Crippen molar-refractivity contribution in [2.45, 2.75) is 14.7 Å². The smallest absolute Gasteiger partial charge is 0.294 e. The molecule has 2 aromatic carbocycles. The van der Waals surface area contributed by atoms with Crippen LogP contribution in [0.5, 0.6) is 0 Å². The first-order valence-electron chi connectivity index (χ1n) is 5.40. The van der Waals surface area contributed by atoms with Crippen molar-refractivity contribution in [3.63, 3.8) is 0 Å². The summed E-state index contributed by atoms with van der Waals surface area (Å²) in [7, 11) is -8.46. The van der Waals surface area contributed by atoms with E-state index in [2.05, 4.69) is 0 Å². The summed E-state index contributed by atoms with van der Waals surface area (Å²) in [5, 5.41) is 0. The number of anilines is 1. The molecule has 0 aliphatic carbocycles. The van der Waals surface area contributed by atoms with Gasteiger partial charge in [0.15, 0.2) is 0 Å². The van der Waals surface area contributed by atoms with E-state index < -0.39 is 24.9 Å². The van der Waals surface area contributed by atoms with E-state index in [1.807, 2.05) is 0 Å². The highest BCUT2D eigenvalue weighted by Crippen LogP contribution is 2.28. The predicted molar refractivity (Wildman–Crippen MR) is 72.6 cm³/mol. The van der Waals surface area contributed by atoms with Gasteiger partial charge >= 0.3 is 0 Å². The van der Waals surface area contributed by atoms with E-state index in [9.17, 15) is 16.8 Å². The maximum atomic E-state index is 12.4. The molecule has 20 heavy (non-hydrogen) atoms. The van der Waals surface area contributed by atoms with Gasteiger partial charge in [-0.25, -0.2) is 8.42 Å². The van der Waals surface area contributed by atoms with E-state index >= 15 is 0 Å². The molecule has 0 atom stereocenters. The fourth-order valence-corrected chi connectivity index (χ4v) is 3.65. The number of nitrogen functional groups attached to an aromatic ring is 1. The van der Waals surface area contributed by atoms with Crippen molar-refractivity contribution in [2.75, 3.05) is 5.73 Å². The van der Waals surface area contributed by atoms with E-state index in [0.717, 1.165) is 18.2 Å². The molecule has 6 nitrogen and oxygen atoms in total. The molecule has 0 spiro atoms. The Hall–Kier alpha value is -1.90. The number of hydrogen-bond acceptors (Lipinski definition) is 5. The van der Waals surface area contributed by atoms with Gasteiger partial charge in [0.2, 0.25) is 9.84 Å². The molecule has 0 fully saturated rings. The van der Waals surface area contributed by atoms with Crippen molar-refractivity contribution in [1.82, 2.24) is 0 Å². The maximum Gasteiger partial charge on any atom is 0.294 e. The SMILES string of the molecule is Nc1ccc(S(=O)(=O)O)cc1S(=O)(=O)c1ccccc1. The van der Waals surface area contributed by atoms with E-state index in [0.29, 0.717) is 0 Å². The summed E-state index contributed by atoms with van der Waals surface area (Å²) in [4.78, 5) is -0.904. The molecular weight excluding hydrogens is 302 g/mol. The van der Waals surface area contributed by atoms with Crippen LogP contribution < -0.4 is 5.73 Å². The van der Waals surface area contributed by atoms with Gasteiger partial charge in [-0.1, -0.05) is 18.2 Å². The fourth-order valence-electron chi connectivity index (χ4n) is 1.63. The summed E-state index contributed by atoms with van der Waals surface area (Å²) >= 11 is 0. The molecule has 0 unspecified atom stereocenters. The second kappa shape index (κ2) is 4.89. The topological polar surface area (TPSA) is 115 Å². The summed E-state index contributed by atoms with van der Waals surface area (Å²) in [6, 6.07) is 10.5. The molecule has 0 bridgehead atoms. The Kier molecular flexibility index (Phi) is 3.55. The number of rotatable bonds is 3. The fraction of sp³-hybridized carbons (Fsp3) is 0. The van der Waals surface area contributed by atoms with Crippen LogP contribution >= 0.6 is 0 Å². The molecular formula is C12H11NO5S2. The van der Waals surface area contributed by atoms with Crippen LogP contribution in [-0.2, 0) is 20.0 Å². The zero-order valence-electron chi connectivity index (χ0n) is 10.1. The lowest BCUT2D eigenvalue weighted by Gasteiger charge is -2.08. The van der Waals surface area contributed by atoms with Crippen LogP contribution in [0, 0.1) is 0 Å². The molecule has 0 aliphatic rings. The van der Waals surface area contributed by atoms with Gasteiger partial charge < -0.3 is 5.73 Å². The second-order valence-corrected chi connectivity index (χ2v) is 7.33. The third-order valence-electron chi connectivity index (χ3n) is 2.63. The Morgan fingerprint density at radius 1 is 0.850 bits per heavy atom. The van der Waals surface area contributed by atoms with Crippen LogP contribution in [0.3, 0.4) is 0 Å². The number of nitrogens with two attached hydrogens (primary N) is 1. The maximum absolute atomic E-state index is 12.4. The van der Waals surface area contributed by atoms with Gasteiger partial charge in [0.25, 0.3) is 10.1 Å². The lowest BCUT2D eigenvalue weighted by molar-refractivity contribution is 0.483. The third kappa shape index (κ3) is 2.67. The van der Waals surface area contributed by atoms with Crippen molar-refractivity contribution in [1.29, 1.82) is 0 Å². The first kappa shape index (κ1) is 14.5. The zero-order chi connectivity index (χ0) is 15.0. The number of sulfone groups is 1. The van der Waals surface area contributed by atoms with Gasteiger partial charge in [-0.15, -0.1) is 0 Å². The summed E-state index contributed by atoms with van der Waals surface area (Å²) < 4.78 is 55.9. The Labute approximate surface area is 116 Å². The van der Waals surface area contributed by atoms with E-state index in [1.54, 1.807) is 6.07 Å². The largest absolute Gasteiger partial charge is 0.398 e. The van der Waals surface area contributed by atoms with Crippen molar-refractivity contribution >= 4 is 25.6 Å². The quantitative estimate of drug-likeness (QED) is 0.653. The summed E-state index contributed by atoms with van der Waals surface area (Å²) in [5.74, 6) is 0. The normalized spacial score (nSPS) is 12.2. The molecule has 0 saturated heterocycles. The second-order valence-electron chi connectivity index (χ2n) is 3.99. The van der Waals surface area contributed by atoms with Crippen molar-refractivity contribution in [3.05, 3.63) is 48.5 Å². The summed E-state index contributed by atoms with van der Waals surface area (Å²) in [5.41, 5.74) is 5.50. The minimum Gasteiger partial charge on any atom is -0.398 e. The van der Waals surface area contributed by atoms with Crippen LogP contribution in [0.15, 0.2) is 63.2 Å². The van der Waals surface area contributed by atoms with E-state index in [-0.39, 0.29) is 15.5 Å². The zero-order valence-corrected chi connectivity index (χ0v) is 11.7. The highest BCUT2D eigenvalue weighted by Gasteiger charge is 2.23.